The lowest BCUT2D eigenvalue weighted by molar-refractivity contribution is 0.0727. The number of carbonyl (C=O) groups excluding carboxylic acids is 1. The molecule has 0 atom stereocenters. The maximum absolute atomic E-state index is 12.6. The van der Waals surface area contributed by atoms with Gasteiger partial charge < -0.3 is 18.9 Å². The lowest BCUT2D eigenvalue weighted by atomic mass is 10.1. The first-order chi connectivity index (χ1) is 16.4. The zero-order valence-electron chi connectivity index (χ0n) is 18.5. The van der Waals surface area contributed by atoms with E-state index in [0.717, 1.165) is 0 Å². The Kier molecular flexibility index (Phi) is 6.95. The second-order valence-corrected chi connectivity index (χ2v) is 7.89. The van der Waals surface area contributed by atoms with E-state index >= 15 is 0 Å². The summed E-state index contributed by atoms with van der Waals surface area (Å²) in [6, 6.07) is 18.8. The van der Waals surface area contributed by atoms with Crippen molar-refractivity contribution in [3.63, 3.8) is 0 Å². The number of rotatable bonds is 7. The molecule has 1 aromatic heterocycles. The van der Waals surface area contributed by atoms with E-state index in [1.807, 2.05) is 6.07 Å². The third kappa shape index (κ3) is 4.66. The zero-order valence-corrected chi connectivity index (χ0v) is 20.1. The standard InChI is InChI=1S/C25H20Cl2N2O5/c1-31-21-11-16(12-22(32-2)24(21)33-3)20-14-23(34-25(30)15-7-5-4-6-8-15)28-29(20)19-10-9-17(26)13-18(19)27/h4-14H,1-3H3. The van der Waals surface area contributed by atoms with Crippen molar-refractivity contribution in [2.45, 2.75) is 0 Å². The minimum absolute atomic E-state index is 0.0867. The van der Waals surface area contributed by atoms with Crippen molar-refractivity contribution in [3.8, 4) is 40.1 Å². The Morgan fingerprint density at radius 3 is 2.12 bits per heavy atom. The van der Waals surface area contributed by atoms with Crippen LogP contribution in [0.15, 0.2) is 66.7 Å². The Hall–Kier alpha value is -3.68. The average Bonchev–Trinajstić information content (AvgIpc) is 3.26. The molecule has 0 unspecified atom stereocenters. The lowest BCUT2D eigenvalue weighted by Gasteiger charge is -2.15. The molecule has 0 radical (unpaired) electrons. The van der Waals surface area contributed by atoms with Crippen LogP contribution in [0.4, 0.5) is 0 Å². The normalized spacial score (nSPS) is 10.6. The van der Waals surface area contributed by atoms with Crippen LogP contribution in [-0.2, 0) is 0 Å². The van der Waals surface area contributed by atoms with Crippen LogP contribution >= 0.6 is 23.2 Å². The molecule has 34 heavy (non-hydrogen) atoms. The van der Waals surface area contributed by atoms with Crippen LogP contribution in [0.2, 0.25) is 10.0 Å². The van der Waals surface area contributed by atoms with Gasteiger partial charge in [-0.3, -0.25) is 0 Å². The van der Waals surface area contributed by atoms with Crippen LogP contribution in [0.5, 0.6) is 23.1 Å². The summed E-state index contributed by atoms with van der Waals surface area (Å²) in [4.78, 5) is 12.6. The molecule has 0 N–H and O–H groups in total. The smallest absolute Gasteiger partial charge is 0.344 e. The molecule has 0 aliphatic heterocycles. The maximum atomic E-state index is 12.6. The van der Waals surface area contributed by atoms with Gasteiger partial charge in [-0.1, -0.05) is 41.4 Å². The van der Waals surface area contributed by atoms with E-state index in [-0.39, 0.29) is 5.88 Å². The molecule has 0 fully saturated rings. The Morgan fingerprint density at radius 1 is 0.853 bits per heavy atom. The second-order valence-electron chi connectivity index (χ2n) is 7.04. The molecule has 0 bridgehead atoms. The minimum Gasteiger partial charge on any atom is -0.493 e. The van der Waals surface area contributed by atoms with E-state index < -0.39 is 5.97 Å². The number of hydrogen-bond acceptors (Lipinski definition) is 6. The first kappa shape index (κ1) is 23.5. The highest BCUT2D eigenvalue weighted by Crippen LogP contribution is 2.42. The highest BCUT2D eigenvalue weighted by atomic mass is 35.5. The molecule has 1 heterocycles. The number of aromatic nitrogens is 2. The fraction of sp³-hybridized carbons (Fsp3) is 0.120. The molecule has 4 rings (SSSR count). The molecule has 3 aromatic carbocycles. The summed E-state index contributed by atoms with van der Waals surface area (Å²) in [5, 5.41) is 5.34. The molecule has 4 aromatic rings. The van der Waals surface area contributed by atoms with Crippen molar-refractivity contribution < 1.29 is 23.7 Å². The SMILES string of the molecule is COc1cc(-c2cc(OC(=O)c3ccccc3)nn2-c2ccc(Cl)cc2Cl)cc(OC)c1OC. The van der Waals surface area contributed by atoms with Gasteiger partial charge in [0.25, 0.3) is 0 Å². The summed E-state index contributed by atoms with van der Waals surface area (Å²) in [6.07, 6.45) is 0. The predicted molar refractivity (Wildman–Crippen MR) is 130 cm³/mol. The molecule has 0 amide bonds. The van der Waals surface area contributed by atoms with Gasteiger partial charge in [0, 0.05) is 16.7 Å². The topological polar surface area (TPSA) is 71.8 Å². The summed E-state index contributed by atoms with van der Waals surface area (Å²) in [6.45, 7) is 0. The number of carbonyl (C=O) groups is 1. The van der Waals surface area contributed by atoms with Gasteiger partial charge in [0.15, 0.2) is 11.5 Å². The van der Waals surface area contributed by atoms with E-state index in [2.05, 4.69) is 5.10 Å². The van der Waals surface area contributed by atoms with Crippen molar-refractivity contribution >= 4 is 29.2 Å². The summed E-state index contributed by atoms with van der Waals surface area (Å²) in [7, 11) is 4.59. The van der Waals surface area contributed by atoms with Crippen LogP contribution in [-0.4, -0.2) is 37.1 Å². The van der Waals surface area contributed by atoms with Crippen LogP contribution < -0.4 is 18.9 Å². The molecule has 0 saturated carbocycles. The van der Waals surface area contributed by atoms with Crippen LogP contribution in [0, 0.1) is 0 Å². The van der Waals surface area contributed by atoms with Gasteiger partial charge in [0.2, 0.25) is 11.6 Å². The Labute approximate surface area is 206 Å². The summed E-state index contributed by atoms with van der Waals surface area (Å²) < 4.78 is 23.5. The largest absolute Gasteiger partial charge is 0.493 e. The molecule has 0 spiro atoms. The summed E-state index contributed by atoms with van der Waals surface area (Å²) in [5.41, 5.74) is 2.17. The van der Waals surface area contributed by atoms with Gasteiger partial charge in [-0.25, -0.2) is 9.48 Å². The van der Waals surface area contributed by atoms with Crippen molar-refractivity contribution in [1.29, 1.82) is 0 Å². The van der Waals surface area contributed by atoms with Gasteiger partial charge in [0.05, 0.1) is 43.3 Å². The lowest BCUT2D eigenvalue weighted by Crippen LogP contribution is -2.09. The number of nitrogens with zero attached hydrogens (tertiary/aromatic N) is 2. The van der Waals surface area contributed by atoms with Crippen molar-refractivity contribution in [2.24, 2.45) is 0 Å². The van der Waals surface area contributed by atoms with Gasteiger partial charge in [-0.2, -0.15) is 0 Å². The van der Waals surface area contributed by atoms with Crippen molar-refractivity contribution in [3.05, 3.63) is 82.3 Å². The molecule has 174 valence electrons. The van der Waals surface area contributed by atoms with Gasteiger partial charge >= 0.3 is 5.97 Å². The third-order valence-corrected chi connectivity index (χ3v) is 5.53. The van der Waals surface area contributed by atoms with E-state index in [9.17, 15) is 4.79 Å². The molecular weight excluding hydrogens is 479 g/mol. The highest BCUT2D eigenvalue weighted by Gasteiger charge is 2.21. The number of hydrogen-bond donors (Lipinski definition) is 0. The molecule has 0 aliphatic rings. The molecular formula is C25H20Cl2N2O5. The van der Waals surface area contributed by atoms with E-state index in [1.54, 1.807) is 65.3 Å². The van der Waals surface area contributed by atoms with Crippen LogP contribution in [0.3, 0.4) is 0 Å². The Balaban J connectivity index is 1.86. The highest BCUT2D eigenvalue weighted by molar-refractivity contribution is 6.35. The fourth-order valence-electron chi connectivity index (χ4n) is 3.41. The predicted octanol–water partition coefficient (Wildman–Crippen LogP) is 6.09. The Morgan fingerprint density at radius 2 is 1.53 bits per heavy atom. The monoisotopic (exact) mass is 498 g/mol. The number of ether oxygens (including phenoxy) is 4. The maximum Gasteiger partial charge on any atom is 0.344 e. The van der Waals surface area contributed by atoms with E-state index in [0.29, 0.717) is 49.8 Å². The van der Waals surface area contributed by atoms with E-state index in [4.69, 9.17) is 42.1 Å². The summed E-state index contributed by atoms with van der Waals surface area (Å²) in [5.74, 6) is 0.900. The van der Waals surface area contributed by atoms with Crippen LogP contribution in [0.25, 0.3) is 16.9 Å². The minimum atomic E-state index is -0.538. The zero-order chi connectivity index (χ0) is 24.2. The van der Waals surface area contributed by atoms with Gasteiger partial charge in [-0.15, -0.1) is 5.10 Å². The number of halogens is 2. The third-order valence-electron chi connectivity index (χ3n) is 4.99. The quantitative estimate of drug-likeness (QED) is 0.287. The van der Waals surface area contributed by atoms with Gasteiger partial charge in [0.1, 0.15) is 0 Å². The molecule has 7 nitrogen and oxygen atoms in total. The number of esters is 1. The van der Waals surface area contributed by atoms with Crippen molar-refractivity contribution in [1.82, 2.24) is 9.78 Å². The van der Waals surface area contributed by atoms with Gasteiger partial charge in [-0.05, 0) is 42.5 Å². The number of methoxy groups -OCH3 is 3. The van der Waals surface area contributed by atoms with E-state index in [1.165, 1.54) is 21.3 Å². The fourth-order valence-corrected chi connectivity index (χ4v) is 3.90. The second kappa shape index (κ2) is 10.1. The van der Waals surface area contributed by atoms with Crippen LogP contribution in [0.1, 0.15) is 10.4 Å². The molecule has 0 saturated heterocycles. The number of benzene rings is 3. The first-order valence-electron chi connectivity index (χ1n) is 10.1. The molecule has 0 aliphatic carbocycles. The first-order valence-corrected chi connectivity index (χ1v) is 10.8. The Bertz CT molecular complexity index is 1310. The summed E-state index contributed by atoms with van der Waals surface area (Å²) >= 11 is 12.6. The van der Waals surface area contributed by atoms with Crippen molar-refractivity contribution in [2.75, 3.05) is 21.3 Å². The molecule has 9 heteroatoms. The average molecular weight is 499 g/mol.